The van der Waals surface area contributed by atoms with Crippen LogP contribution in [0.25, 0.3) is 6.08 Å². The lowest BCUT2D eigenvalue weighted by atomic mass is 10.2. The highest BCUT2D eigenvalue weighted by molar-refractivity contribution is 9.11. The Bertz CT molecular complexity index is 622. The highest BCUT2D eigenvalue weighted by atomic mass is 79.9. The van der Waals surface area contributed by atoms with E-state index in [1.807, 2.05) is 30.3 Å². The molecule has 0 aliphatic rings. The van der Waals surface area contributed by atoms with Gasteiger partial charge in [-0.25, -0.2) is 0 Å². The molecule has 0 fully saturated rings. The fourth-order valence-corrected chi connectivity index (χ4v) is 3.17. The van der Waals surface area contributed by atoms with E-state index in [0.29, 0.717) is 12.2 Å². The molecular weight excluding hydrogens is 336 g/mol. The summed E-state index contributed by atoms with van der Waals surface area (Å²) >= 11 is 5.10. The first-order chi connectivity index (χ1) is 9.63. The van der Waals surface area contributed by atoms with Gasteiger partial charge in [0.1, 0.15) is 0 Å². The molecule has 1 aromatic heterocycles. The summed E-state index contributed by atoms with van der Waals surface area (Å²) in [4.78, 5) is 12.9. The molecule has 2 rings (SSSR count). The third-order valence-electron chi connectivity index (χ3n) is 2.64. The second-order valence-electron chi connectivity index (χ2n) is 4.25. The SMILES string of the molecule is Nc1cccc(/C=C/C(=O)NCCc2ccc(Br)s2)c1. The largest absolute Gasteiger partial charge is 0.399 e. The Morgan fingerprint density at radius 3 is 2.90 bits per heavy atom. The van der Waals surface area contributed by atoms with Crippen LogP contribution in [0.1, 0.15) is 10.4 Å². The Morgan fingerprint density at radius 2 is 2.20 bits per heavy atom. The van der Waals surface area contributed by atoms with Crippen LogP contribution in [0.3, 0.4) is 0 Å². The summed E-state index contributed by atoms with van der Waals surface area (Å²) in [6.07, 6.45) is 4.13. The van der Waals surface area contributed by atoms with Gasteiger partial charge in [-0.3, -0.25) is 4.79 Å². The van der Waals surface area contributed by atoms with Crippen LogP contribution in [0.4, 0.5) is 5.69 Å². The van der Waals surface area contributed by atoms with E-state index in [4.69, 9.17) is 5.73 Å². The molecule has 0 atom stereocenters. The Morgan fingerprint density at radius 1 is 1.35 bits per heavy atom. The van der Waals surface area contributed by atoms with Crippen molar-refractivity contribution in [2.45, 2.75) is 6.42 Å². The third kappa shape index (κ3) is 4.83. The van der Waals surface area contributed by atoms with Gasteiger partial charge in [0.15, 0.2) is 0 Å². The molecule has 1 aromatic carbocycles. The van der Waals surface area contributed by atoms with Crippen LogP contribution in [0, 0.1) is 0 Å². The second-order valence-corrected chi connectivity index (χ2v) is 6.80. The first-order valence-electron chi connectivity index (χ1n) is 6.19. The summed E-state index contributed by atoms with van der Waals surface area (Å²) in [5.74, 6) is -0.0944. The Labute approximate surface area is 130 Å². The van der Waals surface area contributed by atoms with Crippen LogP contribution in [-0.2, 0) is 11.2 Å². The van der Waals surface area contributed by atoms with E-state index in [-0.39, 0.29) is 5.91 Å². The zero-order valence-electron chi connectivity index (χ0n) is 10.8. The number of rotatable bonds is 5. The molecular formula is C15H15BrN2OS. The molecule has 3 N–H and O–H groups in total. The zero-order valence-corrected chi connectivity index (χ0v) is 13.2. The molecule has 2 aromatic rings. The van der Waals surface area contributed by atoms with Gasteiger partial charge in [-0.05, 0) is 58.3 Å². The van der Waals surface area contributed by atoms with Crippen molar-refractivity contribution in [3.63, 3.8) is 0 Å². The fraction of sp³-hybridized carbons (Fsp3) is 0.133. The van der Waals surface area contributed by atoms with Crippen LogP contribution in [0.15, 0.2) is 46.3 Å². The van der Waals surface area contributed by atoms with Gasteiger partial charge in [0, 0.05) is 23.2 Å². The Hall–Kier alpha value is -1.59. The molecule has 0 spiro atoms. The average Bonchev–Trinajstić information content (AvgIpc) is 2.82. The summed E-state index contributed by atoms with van der Waals surface area (Å²) in [5.41, 5.74) is 7.28. The van der Waals surface area contributed by atoms with E-state index in [0.717, 1.165) is 15.8 Å². The van der Waals surface area contributed by atoms with Gasteiger partial charge in [0.2, 0.25) is 5.91 Å². The van der Waals surface area contributed by atoms with Gasteiger partial charge in [-0.2, -0.15) is 0 Å². The first kappa shape index (κ1) is 14.8. The molecule has 0 saturated carbocycles. The number of nitrogen functional groups attached to an aromatic ring is 1. The summed E-state index contributed by atoms with van der Waals surface area (Å²) < 4.78 is 1.11. The molecule has 20 heavy (non-hydrogen) atoms. The number of carbonyl (C=O) groups excluding carboxylic acids is 1. The smallest absolute Gasteiger partial charge is 0.244 e. The summed E-state index contributed by atoms with van der Waals surface area (Å²) in [7, 11) is 0. The second kappa shape index (κ2) is 7.26. The van der Waals surface area contributed by atoms with Crippen molar-refractivity contribution in [2.24, 2.45) is 0 Å². The standard InChI is InChI=1S/C15H15BrN2OS/c16-14-6-5-13(20-14)8-9-18-15(19)7-4-11-2-1-3-12(17)10-11/h1-7,10H,8-9,17H2,(H,18,19)/b7-4+. The quantitative estimate of drug-likeness (QED) is 0.640. The van der Waals surface area contributed by atoms with Gasteiger partial charge in [0.25, 0.3) is 0 Å². The molecule has 1 amide bonds. The first-order valence-corrected chi connectivity index (χ1v) is 7.80. The molecule has 5 heteroatoms. The molecule has 3 nitrogen and oxygen atoms in total. The maximum absolute atomic E-state index is 11.7. The van der Waals surface area contributed by atoms with Crippen LogP contribution in [0.5, 0.6) is 0 Å². The molecule has 0 unspecified atom stereocenters. The zero-order chi connectivity index (χ0) is 14.4. The fourth-order valence-electron chi connectivity index (χ4n) is 1.69. The predicted molar refractivity (Wildman–Crippen MR) is 88.6 cm³/mol. The lowest BCUT2D eigenvalue weighted by Gasteiger charge is -2.00. The summed E-state index contributed by atoms with van der Waals surface area (Å²) in [5, 5.41) is 2.86. The number of nitrogens with one attached hydrogen (secondary N) is 1. The van der Waals surface area contributed by atoms with Gasteiger partial charge in [-0.15, -0.1) is 11.3 Å². The number of benzene rings is 1. The minimum atomic E-state index is -0.0944. The molecule has 104 valence electrons. The number of carbonyl (C=O) groups is 1. The Balaban J connectivity index is 1.78. The van der Waals surface area contributed by atoms with Crippen molar-refractivity contribution < 1.29 is 4.79 Å². The number of thiophene rings is 1. The highest BCUT2D eigenvalue weighted by Crippen LogP contribution is 2.22. The number of anilines is 1. The van der Waals surface area contributed by atoms with Crippen LogP contribution < -0.4 is 11.1 Å². The van der Waals surface area contributed by atoms with E-state index in [2.05, 4.69) is 27.3 Å². The molecule has 0 aliphatic heterocycles. The van der Waals surface area contributed by atoms with Gasteiger partial charge in [-0.1, -0.05) is 12.1 Å². The Kier molecular flexibility index (Phi) is 5.38. The topological polar surface area (TPSA) is 55.1 Å². The van der Waals surface area contributed by atoms with Crippen molar-refractivity contribution >= 4 is 44.9 Å². The van der Waals surface area contributed by atoms with Crippen molar-refractivity contribution in [3.05, 3.63) is 56.7 Å². The van der Waals surface area contributed by atoms with Crippen LogP contribution >= 0.6 is 27.3 Å². The molecule has 0 saturated heterocycles. The number of hydrogen-bond acceptors (Lipinski definition) is 3. The average molecular weight is 351 g/mol. The van der Waals surface area contributed by atoms with Crippen molar-refractivity contribution in [3.8, 4) is 0 Å². The third-order valence-corrected chi connectivity index (χ3v) is 4.32. The minimum Gasteiger partial charge on any atom is -0.399 e. The van der Waals surface area contributed by atoms with Gasteiger partial charge in [0.05, 0.1) is 3.79 Å². The predicted octanol–water partition coefficient (Wildman–Crippen LogP) is 3.46. The number of halogens is 1. The van der Waals surface area contributed by atoms with Crippen molar-refractivity contribution in [2.75, 3.05) is 12.3 Å². The van der Waals surface area contributed by atoms with E-state index >= 15 is 0 Å². The maximum Gasteiger partial charge on any atom is 0.244 e. The molecule has 0 aliphatic carbocycles. The lowest BCUT2D eigenvalue weighted by molar-refractivity contribution is -0.116. The molecule has 0 bridgehead atoms. The lowest BCUT2D eigenvalue weighted by Crippen LogP contribution is -2.23. The normalized spacial score (nSPS) is 10.8. The van der Waals surface area contributed by atoms with Crippen LogP contribution in [-0.4, -0.2) is 12.5 Å². The monoisotopic (exact) mass is 350 g/mol. The van der Waals surface area contributed by atoms with Crippen molar-refractivity contribution in [1.29, 1.82) is 0 Å². The molecule has 1 heterocycles. The van der Waals surface area contributed by atoms with Gasteiger partial charge < -0.3 is 11.1 Å². The minimum absolute atomic E-state index is 0.0944. The maximum atomic E-state index is 11.7. The van der Waals surface area contributed by atoms with E-state index in [9.17, 15) is 4.79 Å². The van der Waals surface area contributed by atoms with E-state index < -0.39 is 0 Å². The summed E-state index contributed by atoms with van der Waals surface area (Å²) in [6.45, 7) is 0.632. The van der Waals surface area contributed by atoms with Crippen molar-refractivity contribution in [1.82, 2.24) is 5.32 Å². The van der Waals surface area contributed by atoms with Gasteiger partial charge >= 0.3 is 0 Å². The molecule has 0 radical (unpaired) electrons. The summed E-state index contributed by atoms with van der Waals surface area (Å²) in [6, 6.07) is 11.5. The van der Waals surface area contributed by atoms with Crippen LogP contribution in [0.2, 0.25) is 0 Å². The van der Waals surface area contributed by atoms with E-state index in [1.165, 1.54) is 11.0 Å². The number of hydrogen-bond donors (Lipinski definition) is 2. The van der Waals surface area contributed by atoms with E-state index in [1.54, 1.807) is 17.4 Å². The number of nitrogens with two attached hydrogens (primary N) is 1. The highest BCUT2D eigenvalue weighted by Gasteiger charge is 1.99. The number of amides is 1.